The summed E-state index contributed by atoms with van der Waals surface area (Å²) in [5, 5.41) is 2.89. The van der Waals surface area contributed by atoms with E-state index in [0.29, 0.717) is 12.3 Å². The van der Waals surface area contributed by atoms with E-state index in [1.165, 1.54) is 5.56 Å². The van der Waals surface area contributed by atoms with E-state index in [9.17, 15) is 4.79 Å². The summed E-state index contributed by atoms with van der Waals surface area (Å²) in [6.45, 7) is 4.04. The van der Waals surface area contributed by atoms with Crippen LogP contribution in [-0.2, 0) is 4.79 Å². The maximum absolute atomic E-state index is 11.5. The van der Waals surface area contributed by atoms with E-state index in [1.54, 1.807) is 0 Å². The molecule has 82 valence electrons. The molecule has 0 bridgehead atoms. The number of hydrogen-bond acceptors (Lipinski definition) is 1. The highest BCUT2D eigenvalue weighted by Crippen LogP contribution is 2.18. The maximum atomic E-state index is 11.5. The molecule has 1 rings (SSSR count). The standard InChI is InChI=1S/C12H16ClNO/c1-9-5-3-6-11(10(9)2)14-12(15)7-4-8-13/h3,5-6H,4,7-8H2,1-2H3,(H,14,15). The van der Waals surface area contributed by atoms with Crippen molar-refractivity contribution >= 4 is 23.2 Å². The van der Waals surface area contributed by atoms with Crippen molar-refractivity contribution in [3.8, 4) is 0 Å². The highest BCUT2D eigenvalue weighted by atomic mass is 35.5. The van der Waals surface area contributed by atoms with Crippen LogP contribution in [0.4, 0.5) is 5.69 Å². The Hall–Kier alpha value is -1.02. The smallest absolute Gasteiger partial charge is 0.224 e. The van der Waals surface area contributed by atoms with Crippen LogP contribution in [0.15, 0.2) is 18.2 Å². The molecule has 0 saturated carbocycles. The van der Waals surface area contributed by atoms with Crippen molar-refractivity contribution in [3.63, 3.8) is 0 Å². The molecule has 0 unspecified atom stereocenters. The van der Waals surface area contributed by atoms with Crippen LogP contribution in [0.1, 0.15) is 24.0 Å². The van der Waals surface area contributed by atoms with Crippen LogP contribution in [-0.4, -0.2) is 11.8 Å². The lowest BCUT2D eigenvalue weighted by molar-refractivity contribution is -0.116. The van der Waals surface area contributed by atoms with Gasteiger partial charge in [0.2, 0.25) is 5.91 Å². The molecule has 0 atom stereocenters. The molecule has 0 aliphatic carbocycles. The van der Waals surface area contributed by atoms with Gasteiger partial charge < -0.3 is 5.32 Å². The summed E-state index contributed by atoms with van der Waals surface area (Å²) in [6.07, 6.45) is 1.20. The number of rotatable bonds is 4. The summed E-state index contributed by atoms with van der Waals surface area (Å²) < 4.78 is 0. The van der Waals surface area contributed by atoms with Gasteiger partial charge in [0.1, 0.15) is 0 Å². The lowest BCUT2D eigenvalue weighted by Gasteiger charge is -2.09. The van der Waals surface area contributed by atoms with Crippen molar-refractivity contribution in [2.75, 3.05) is 11.2 Å². The average Bonchev–Trinajstić information content (AvgIpc) is 2.22. The van der Waals surface area contributed by atoms with Crippen molar-refractivity contribution in [1.29, 1.82) is 0 Å². The predicted molar refractivity (Wildman–Crippen MR) is 64.5 cm³/mol. The molecule has 1 N–H and O–H groups in total. The molecule has 0 saturated heterocycles. The molecule has 0 aromatic heterocycles. The second-order valence-electron chi connectivity index (χ2n) is 3.59. The first-order valence-electron chi connectivity index (χ1n) is 5.07. The van der Waals surface area contributed by atoms with Gasteiger partial charge in [-0.1, -0.05) is 12.1 Å². The van der Waals surface area contributed by atoms with Gasteiger partial charge in [0.05, 0.1) is 0 Å². The monoisotopic (exact) mass is 225 g/mol. The van der Waals surface area contributed by atoms with Crippen molar-refractivity contribution < 1.29 is 4.79 Å². The second-order valence-corrected chi connectivity index (χ2v) is 3.97. The van der Waals surface area contributed by atoms with Gasteiger partial charge in [0, 0.05) is 18.0 Å². The first-order chi connectivity index (χ1) is 7.15. The summed E-state index contributed by atoms with van der Waals surface area (Å²) in [4.78, 5) is 11.5. The van der Waals surface area contributed by atoms with E-state index >= 15 is 0 Å². The van der Waals surface area contributed by atoms with Gasteiger partial charge in [-0.3, -0.25) is 4.79 Å². The van der Waals surface area contributed by atoms with Crippen LogP contribution in [0.25, 0.3) is 0 Å². The Morgan fingerprint density at radius 3 is 2.80 bits per heavy atom. The Bertz CT molecular complexity index is 349. The molecule has 2 nitrogen and oxygen atoms in total. The minimum Gasteiger partial charge on any atom is -0.326 e. The van der Waals surface area contributed by atoms with Gasteiger partial charge in [-0.05, 0) is 37.5 Å². The zero-order valence-electron chi connectivity index (χ0n) is 9.14. The Morgan fingerprint density at radius 1 is 1.40 bits per heavy atom. The molecule has 0 heterocycles. The molecule has 0 radical (unpaired) electrons. The van der Waals surface area contributed by atoms with Crippen LogP contribution < -0.4 is 5.32 Å². The van der Waals surface area contributed by atoms with Gasteiger partial charge in [0.25, 0.3) is 0 Å². The quantitative estimate of drug-likeness (QED) is 0.783. The number of alkyl halides is 1. The van der Waals surface area contributed by atoms with Crippen molar-refractivity contribution in [1.82, 2.24) is 0 Å². The maximum Gasteiger partial charge on any atom is 0.224 e. The lowest BCUT2D eigenvalue weighted by atomic mass is 10.1. The van der Waals surface area contributed by atoms with E-state index in [2.05, 4.69) is 5.32 Å². The summed E-state index contributed by atoms with van der Waals surface area (Å²) in [6, 6.07) is 5.89. The van der Waals surface area contributed by atoms with E-state index in [0.717, 1.165) is 17.7 Å². The lowest BCUT2D eigenvalue weighted by Crippen LogP contribution is -2.12. The number of carbonyl (C=O) groups is 1. The summed E-state index contributed by atoms with van der Waals surface area (Å²) in [5.41, 5.74) is 3.21. The highest BCUT2D eigenvalue weighted by molar-refractivity contribution is 6.18. The van der Waals surface area contributed by atoms with Crippen LogP contribution in [0.5, 0.6) is 0 Å². The van der Waals surface area contributed by atoms with E-state index in [-0.39, 0.29) is 5.91 Å². The normalized spacial score (nSPS) is 10.1. The van der Waals surface area contributed by atoms with Crippen LogP contribution in [0.3, 0.4) is 0 Å². The van der Waals surface area contributed by atoms with Crippen LogP contribution in [0, 0.1) is 13.8 Å². The third-order valence-electron chi connectivity index (χ3n) is 2.42. The van der Waals surface area contributed by atoms with Gasteiger partial charge >= 0.3 is 0 Å². The van der Waals surface area contributed by atoms with Crippen LogP contribution >= 0.6 is 11.6 Å². The molecular weight excluding hydrogens is 210 g/mol. The minimum absolute atomic E-state index is 0.0318. The number of aryl methyl sites for hydroxylation is 1. The molecule has 0 aliphatic rings. The van der Waals surface area contributed by atoms with Crippen LogP contribution in [0.2, 0.25) is 0 Å². The van der Waals surface area contributed by atoms with E-state index in [1.807, 2.05) is 32.0 Å². The molecule has 1 aromatic rings. The fourth-order valence-electron chi connectivity index (χ4n) is 1.33. The molecule has 0 spiro atoms. The highest BCUT2D eigenvalue weighted by Gasteiger charge is 2.04. The topological polar surface area (TPSA) is 29.1 Å². The summed E-state index contributed by atoms with van der Waals surface area (Å²) >= 11 is 5.53. The summed E-state index contributed by atoms with van der Waals surface area (Å²) in [7, 11) is 0. The Morgan fingerprint density at radius 2 is 2.13 bits per heavy atom. The van der Waals surface area contributed by atoms with Gasteiger partial charge in [-0.25, -0.2) is 0 Å². The minimum atomic E-state index is 0.0318. The zero-order chi connectivity index (χ0) is 11.3. The number of carbonyl (C=O) groups excluding carboxylic acids is 1. The molecule has 1 aromatic carbocycles. The number of amides is 1. The fourth-order valence-corrected chi connectivity index (χ4v) is 1.46. The molecular formula is C12H16ClNO. The van der Waals surface area contributed by atoms with Gasteiger partial charge in [0.15, 0.2) is 0 Å². The Balaban J connectivity index is 2.64. The van der Waals surface area contributed by atoms with Crippen molar-refractivity contribution in [2.24, 2.45) is 0 Å². The zero-order valence-corrected chi connectivity index (χ0v) is 9.90. The molecule has 0 fully saturated rings. The molecule has 3 heteroatoms. The largest absolute Gasteiger partial charge is 0.326 e. The third-order valence-corrected chi connectivity index (χ3v) is 2.68. The van der Waals surface area contributed by atoms with Gasteiger partial charge in [-0.2, -0.15) is 0 Å². The van der Waals surface area contributed by atoms with Crippen molar-refractivity contribution in [3.05, 3.63) is 29.3 Å². The first-order valence-corrected chi connectivity index (χ1v) is 5.60. The fraction of sp³-hybridized carbons (Fsp3) is 0.417. The first kappa shape index (κ1) is 12.1. The SMILES string of the molecule is Cc1cccc(NC(=O)CCCCl)c1C. The average molecular weight is 226 g/mol. The second kappa shape index (κ2) is 5.76. The summed E-state index contributed by atoms with van der Waals surface area (Å²) in [5.74, 6) is 0.560. The number of nitrogens with one attached hydrogen (secondary N) is 1. The van der Waals surface area contributed by atoms with Gasteiger partial charge in [-0.15, -0.1) is 11.6 Å². The third kappa shape index (κ3) is 3.56. The van der Waals surface area contributed by atoms with Crippen molar-refractivity contribution in [2.45, 2.75) is 26.7 Å². The Labute approximate surface area is 95.6 Å². The Kier molecular flexibility index (Phi) is 4.63. The number of hydrogen-bond donors (Lipinski definition) is 1. The van der Waals surface area contributed by atoms with E-state index < -0.39 is 0 Å². The molecule has 1 amide bonds. The predicted octanol–water partition coefficient (Wildman–Crippen LogP) is 3.26. The number of benzene rings is 1. The number of anilines is 1. The molecule has 15 heavy (non-hydrogen) atoms. The molecule has 0 aliphatic heterocycles. The van der Waals surface area contributed by atoms with E-state index in [4.69, 9.17) is 11.6 Å². The number of halogens is 1.